The van der Waals surface area contributed by atoms with Gasteiger partial charge in [0.15, 0.2) is 6.10 Å². The molecule has 0 bridgehead atoms. The van der Waals surface area contributed by atoms with Crippen molar-refractivity contribution in [3.63, 3.8) is 0 Å². The van der Waals surface area contributed by atoms with Crippen LogP contribution in [0.2, 0.25) is 0 Å². The highest BCUT2D eigenvalue weighted by atomic mass is 16.5. The number of likely N-dealkylation sites (N-methyl/N-ethyl adjacent to an activating group) is 1. The summed E-state index contributed by atoms with van der Waals surface area (Å²) >= 11 is 0. The third-order valence-corrected chi connectivity index (χ3v) is 7.15. The lowest BCUT2D eigenvalue weighted by atomic mass is 9.87. The van der Waals surface area contributed by atoms with E-state index in [1.54, 1.807) is 7.11 Å². The van der Waals surface area contributed by atoms with Crippen molar-refractivity contribution in [2.45, 2.75) is 39.3 Å². The third kappa shape index (κ3) is 5.17. The number of benzene rings is 2. The molecule has 2 aromatic carbocycles. The van der Waals surface area contributed by atoms with Crippen LogP contribution in [0, 0.1) is 13.8 Å². The van der Waals surface area contributed by atoms with Crippen molar-refractivity contribution in [1.82, 2.24) is 9.47 Å². The van der Waals surface area contributed by atoms with Gasteiger partial charge >= 0.3 is 5.97 Å². The van der Waals surface area contributed by atoms with Gasteiger partial charge in [-0.3, -0.25) is 4.79 Å². The largest absolute Gasteiger partial charge is 0.497 e. The van der Waals surface area contributed by atoms with Crippen molar-refractivity contribution in [2.75, 3.05) is 27.9 Å². The molecule has 0 aliphatic carbocycles. The molecule has 1 aliphatic heterocycles. The summed E-state index contributed by atoms with van der Waals surface area (Å²) < 4.78 is 18.1. The van der Waals surface area contributed by atoms with Crippen molar-refractivity contribution >= 4 is 18.0 Å². The zero-order chi connectivity index (χ0) is 27.4. The summed E-state index contributed by atoms with van der Waals surface area (Å²) in [5, 5.41) is 11.1. The Balaban J connectivity index is 1.93. The van der Waals surface area contributed by atoms with E-state index >= 15 is 0 Å². The number of nitrogens with zero attached hydrogens (tertiary/aromatic N) is 2. The number of methoxy groups -OCH3 is 2. The Morgan fingerprint density at radius 1 is 1.13 bits per heavy atom. The molecule has 4 rings (SSSR count). The van der Waals surface area contributed by atoms with E-state index in [-0.39, 0.29) is 5.70 Å². The standard InChI is InChI=1S/C30H34N2O6/c1-19-23-7-6-16-38-26(23)13-12-24(19)27(28(31(3)18-33)29(34)30(35)37-5)25-14-15-32(20(25)2)17-21-8-10-22(36-4)11-9-21/h8-15,18,29,34H,6-7,16-17H2,1-5H3/b28-27-. The van der Waals surface area contributed by atoms with E-state index in [2.05, 4.69) is 4.57 Å². The van der Waals surface area contributed by atoms with Crippen LogP contribution >= 0.6 is 0 Å². The van der Waals surface area contributed by atoms with Gasteiger partial charge in [-0.25, -0.2) is 4.79 Å². The van der Waals surface area contributed by atoms with E-state index in [1.165, 1.54) is 19.1 Å². The van der Waals surface area contributed by atoms with Gasteiger partial charge in [-0.1, -0.05) is 18.2 Å². The number of ether oxygens (including phenoxy) is 3. The van der Waals surface area contributed by atoms with Crippen LogP contribution in [0.3, 0.4) is 0 Å². The molecule has 0 saturated carbocycles. The lowest BCUT2D eigenvalue weighted by Crippen LogP contribution is -2.34. The minimum absolute atomic E-state index is 0.150. The smallest absolute Gasteiger partial charge is 0.340 e. The van der Waals surface area contributed by atoms with E-state index in [4.69, 9.17) is 14.2 Å². The number of carbonyl (C=O) groups excluding carboxylic acids is 2. The van der Waals surface area contributed by atoms with Crippen LogP contribution in [-0.4, -0.2) is 60.9 Å². The molecule has 0 fully saturated rings. The van der Waals surface area contributed by atoms with Crippen LogP contribution in [0.25, 0.3) is 5.57 Å². The Hall–Kier alpha value is -4.04. The minimum Gasteiger partial charge on any atom is -0.497 e. The average molecular weight is 519 g/mol. The van der Waals surface area contributed by atoms with Gasteiger partial charge in [-0.2, -0.15) is 0 Å². The Labute approximate surface area is 223 Å². The van der Waals surface area contributed by atoms with Crippen LogP contribution in [0.1, 0.15) is 39.9 Å². The minimum atomic E-state index is -1.67. The second kappa shape index (κ2) is 11.6. The first-order valence-corrected chi connectivity index (χ1v) is 12.5. The summed E-state index contributed by atoms with van der Waals surface area (Å²) in [4.78, 5) is 25.8. The number of aliphatic hydroxyl groups is 1. The highest BCUT2D eigenvalue weighted by Gasteiger charge is 2.31. The monoisotopic (exact) mass is 518 g/mol. The number of hydrogen-bond donors (Lipinski definition) is 1. The topological polar surface area (TPSA) is 90.2 Å². The molecule has 1 N–H and O–H groups in total. The van der Waals surface area contributed by atoms with E-state index in [0.29, 0.717) is 25.1 Å². The van der Waals surface area contributed by atoms with Gasteiger partial charge in [0, 0.05) is 36.6 Å². The number of amides is 1. The molecule has 38 heavy (non-hydrogen) atoms. The van der Waals surface area contributed by atoms with E-state index in [9.17, 15) is 14.7 Å². The predicted molar refractivity (Wildman–Crippen MR) is 144 cm³/mol. The normalized spacial score (nSPS) is 14.1. The number of aliphatic hydroxyl groups excluding tert-OH is 1. The fourth-order valence-electron chi connectivity index (χ4n) is 5.00. The molecule has 0 radical (unpaired) electrons. The highest BCUT2D eigenvalue weighted by molar-refractivity contribution is 5.91. The van der Waals surface area contributed by atoms with Crippen LogP contribution in [0.4, 0.5) is 0 Å². The lowest BCUT2D eigenvalue weighted by Gasteiger charge is -2.27. The van der Waals surface area contributed by atoms with Crippen molar-refractivity contribution in [1.29, 1.82) is 0 Å². The number of rotatable bonds is 9. The summed E-state index contributed by atoms with van der Waals surface area (Å²) in [5.41, 5.74) is 6.42. The Morgan fingerprint density at radius 2 is 1.87 bits per heavy atom. The zero-order valence-electron chi connectivity index (χ0n) is 22.5. The molecule has 200 valence electrons. The van der Waals surface area contributed by atoms with Crippen molar-refractivity contribution in [3.8, 4) is 11.5 Å². The summed E-state index contributed by atoms with van der Waals surface area (Å²) in [6.07, 6.45) is 2.65. The quantitative estimate of drug-likeness (QED) is 0.342. The number of aromatic nitrogens is 1. The Kier molecular flexibility index (Phi) is 8.22. The molecule has 1 unspecified atom stereocenters. The van der Waals surface area contributed by atoms with E-state index in [1.807, 2.05) is 62.5 Å². The van der Waals surface area contributed by atoms with E-state index in [0.717, 1.165) is 57.9 Å². The van der Waals surface area contributed by atoms with Crippen LogP contribution in [0.15, 0.2) is 54.4 Å². The first kappa shape index (κ1) is 27.0. The highest BCUT2D eigenvalue weighted by Crippen LogP contribution is 2.39. The fraction of sp³-hybridized carbons (Fsp3) is 0.333. The molecule has 3 aromatic rings. The number of carbonyl (C=O) groups is 2. The predicted octanol–water partition coefficient (Wildman–Crippen LogP) is 3.87. The Bertz CT molecular complexity index is 1360. The molecule has 1 aliphatic rings. The summed E-state index contributed by atoms with van der Waals surface area (Å²) in [6, 6.07) is 13.7. The summed E-state index contributed by atoms with van der Waals surface area (Å²) in [5.74, 6) is 0.777. The van der Waals surface area contributed by atoms with E-state index < -0.39 is 12.1 Å². The fourth-order valence-corrected chi connectivity index (χ4v) is 5.00. The van der Waals surface area contributed by atoms with Gasteiger partial charge < -0.3 is 28.8 Å². The maximum absolute atomic E-state index is 12.6. The zero-order valence-corrected chi connectivity index (χ0v) is 22.5. The molecular formula is C30H34N2O6. The van der Waals surface area contributed by atoms with Gasteiger partial charge in [0.1, 0.15) is 11.5 Å². The SMILES string of the molecule is COC(=O)C(O)/C(=C(\c1ccc2c(c1C)CCCO2)c1ccn(Cc2ccc(OC)cc2)c1C)N(C)C=O. The average Bonchev–Trinajstić information content (AvgIpc) is 3.30. The Morgan fingerprint density at radius 3 is 2.53 bits per heavy atom. The van der Waals surface area contributed by atoms with Crippen molar-refractivity contribution < 1.29 is 28.9 Å². The first-order chi connectivity index (χ1) is 18.3. The van der Waals surface area contributed by atoms with Crippen LogP contribution < -0.4 is 9.47 Å². The molecule has 8 nitrogen and oxygen atoms in total. The molecule has 1 amide bonds. The maximum Gasteiger partial charge on any atom is 0.340 e. The molecule has 1 aromatic heterocycles. The van der Waals surface area contributed by atoms with Gasteiger partial charge in [0.05, 0.1) is 26.5 Å². The molecule has 0 spiro atoms. The molecule has 0 saturated heterocycles. The first-order valence-electron chi connectivity index (χ1n) is 12.5. The maximum atomic E-state index is 12.6. The molecule has 8 heteroatoms. The number of hydrogen-bond acceptors (Lipinski definition) is 6. The van der Waals surface area contributed by atoms with Crippen molar-refractivity contribution in [2.24, 2.45) is 0 Å². The van der Waals surface area contributed by atoms with Crippen LogP contribution in [0.5, 0.6) is 11.5 Å². The molecular weight excluding hydrogens is 484 g/mol. The van der Waals surface area contributed by atoms with Gasteiger partial charge in [0.2, 0.25) is 6.41 Å². The summed E-state index contributed by atoms with van der Waals surface area (Å²) in [7, 11) is 4.37. The van der Waals surface area contributed by atoms with Crippen LogP contribution in [-0.2, 0) is 27.3 Å². The lowest BCUT2D eigenvalue weighted by molar-refractivity contribution is -0.149. The number of fused-ring (bicyclic) bond motifs is 1. The number of esters is 1. The second-order valence-electron chi connectivity index (χ2n) is 9.36. The molecule has 1 atom stereocenters. The third-order valence-electron chi connectivity index (χ3n) is 7.15. The van der Waals surface area contributed by atoms with Gasteiger partial charge in [-0.05, 0) is 73.2 Å². The van der Waals surface area contributed by atoms with Gasteiger partial charge in [0.25, 0.3) is 0 Å². The summed E-state index contributed by atoms with van der Waals surface area (Å²) in [6.45, 7) is 5.27. The van der Waals surface area contributed by atoms with Gasteiger partial charge in [-0.15, -0.1) is 0 Å². The second-order valence-corrected chi connectivity index (χ2v) is 9.36. The van der Waals surface area contributed by atoms with Crippen molar-refractivity contribution in [3.05, 3.63) is 87.9 Å². The molecule has 2 heterocycles.